The van der Waals surface area contributed by atoms with Gasteiger partial charge in [-0.1, -0.05) is 6.42 Å². The normalized spacial score (nSPS) is 9.88. The number of nitrogens with two attached hydrogens (primary N) is 1. The fraction of sp³-hybridized carbons (Fsp3) is 0.500. The van der Waals surface area contributed by atoms with Crippen LogP contribution in [-0.2, 0) is 0 Å². The molecule has 0 aliphatic carbocycles. The number of hydrogen-bond donors (Lipinski definition) is 2. The van der Waals surface area contributed by atoms with Gasteiger partial charge in [0.15, 0.2) is 0 Å². The van der Waals surface area contributed by atoms with Crippen molar-refractivity contribution in [3.63, 3.8) is 0 Å². The quantitative estimate of drug-likeness (QED) is 0.727. The molecule has 0 atom stereocenters. The summed E-state index contributed by atoms with van der Waals surface area (Å²) >= 11 is 1.88. The summed E-state index contributed by atoms with van der Waals surface area (Å²) < 4.78 is 0. The zero-order valence-corrected chi connectivity index (χ0v) is 10.9. The molecule has 0 saturated carbocycles. The van der Waals surface area contributed by atoms with Crippen LogP contribution in [0.1, 0.15) is 24.8 Å². The van der Waals surface area contributed by atoms with E-state index in [-0.39, 0.29) is 0 Å². The molecule has 1 heterocycles. The van der Waals surface area contributed by atoms with Gasteiger partial charge in [-0.3, -0.25) is 0 Å². The second kappa shape index (κ2) is 7.80. The summed E-state index contributed by atoms with van der Waals surface area (Å²) in [6.07, 6.45) is 7.23. The van der Waals surface area contributed by atoms with Gasteiger partial charge in [-0.05, 0) is 30.9 Å². The molecule has 0 unspecified atom stereocenters. The van der Waals surface area contributed by atoms with Gasteiger partial charge in [0.25, 0.3) is 0 Å². The van der Waals surface area contributed by atoms with Crippen molar-refractivity contribution >= 4 is 23.3 Å². The molecule has 0 fully saturated rings. The Morgan fingerprint density at radius 2 is 2.29 bits per heavy atom. The number of rotatable bonds is 7. The highest BCUT2D eigenvalue weighted by atomic mass is 32.2. The molecule has 92 valence electrons. The minimum absolute atomic E-state index is 0.494. The van der Waals surface area contributed by atoms with Gasteiger partial charge in [-0.15, -0.1) is 0 Å². The second-order valence-corrected chi connectivity index (χ2v) is 4.74. The Kier molecular flexibility index (Phi) is 6.26. The Morgan fingerprint density at radius 1 is 1.47 bits per heavy atom. The predicted molar refractivity (Wildman–Crippen MR) is 74.1 cm³/mol. The fourth-order valence-electron chi connectivity index (χ4n) is 1.45. The monoisotopic (exact) mass is 250 g/mol. The first-order valence-electron chi connectivity index (χ1n) is 5.66. The second-order valence-electron chi connectivity index (χ2n) is 3.75. The molecule has 17 heavy (non-hydrogen) atoms. The molecule has 3 N–H and O–H groups in total. The molecule has 0 bridgehead atoms. The molecular formula is C12H18N4S. The highest BCUT2D eigenvalue weighted by Crippen LogP contribution is 2.15. The maximum absolute atomic E-state index is 8.68. The molecule has 1 aromatic rings. The number of unbranched alkanes of at least 4 members (excludes halogenated alkanes) is 2. The lowest BCUT2D eigenvalue weighted by Gasteiger charge is -2.07. The van der Waals surface area contributed by atoms with Gasteiger partial charge < -0.3 is 11.1 Å². The van der Waals surface area contributed by atoms with Crippen molar-refractivity contribution in [3.05, 3.63) is 17.8 Å². The van der Waals surface area contributed by atoms with Crippen molar-refractivity contribution in [1.29, 1.82) is 5.26 Å². The standard InChI is InChI=1S/C12H18N4S/c1-17-6-4-2-3-5-15-12-11(14)7-10(8-13)9-16-12/h7,9H,2-6,14H2,1H3,(H,15,16). The lowest BCUT2D eigenvalue weighted by molar-refractivity contribution is 0.748. The third-order valence-electron chi connectivity index (χ3n) is 2.36. The van der Waals surface area contributed by atoms with Crippen molar-refractivity contribution in [2.45, 2.75) is 19.3 Å². The molecule has 0 aliphatic heterocycles. The number of pyridine rings is 1. The zero-order valence-electron chi connectivity index (χ0n) is 10.1. The average Bonchev–Trinajstić information content (AvgIpc) is 2.35. The minimum Gasteiger partial charge on any atom is -0.396 e. The van der Waals surface area contributed by atoms with Gasteiger partial charge in [-0.25, -0.2) is 4.98 Å². The van der Waals surface area contributed by atoms with E-state index >= 15 is 0 Å². The molecule has 0 radical (unpaired) electrons. The first kappa shape index (κ1) is 13.7. The number of nitrogen functional groups attached to an aromatic ring is 1. The van der Waals surface area contributed by atoms with E-state index in [9.17, 15) is 0 Å². The molecule has 1 rings (SSSR count). The van der Waals surface area contributed by atoms with Crippen LogP contribution in [0.5, 0.6) is 0 Å². The van der Waals surface area contributed by atoms with E-state index in [2.05, 4.69) is 16.6 Å². The number of nitrogens with one attached hydrogen (secondary N) is 1. The maximum atomic E-state index is 8.68. The highest BCUT2D eigenvalue weighted by Gasteiger charge is 2.01. The summed E-state index contributed by atoms with van der Waals surface area (Å²) in [7, 11) is 0. The molecule has 0 saturated heterocycles. The van der Waals surface area contributed by atoms with Gasteiger partial charge >= 0.3 is 0 Å². The van der Waals surface area contributed by atoms with E-state index in [4.69, 9.17) is 11.0 Å². The summed E-state index contributed by atoms with van der Waals surface area (Å²) in [5, 5.41) is 11.9. The first-order valence-corrected chi connectivity index (χ1v) is 7.05. The molecule has 5 heteroatoms. The van der Waals surface area contributed by atoms with E-state index < -0.39 is 0 Å². The fourth-order valence-corrected chi connectivity index (χ4v) is 1.94. The van der Waals surface area contributed by atoms with Crippen LogP contribution < -0.4 is 11.1 Å². The molecule has 0 aliphatic rings. The van der Waals surface area contributed by atoms with E-state index in [1.54, 1.807) is 6.07 Å². The summed E-state index contributed by atoms with van der Waals surface area (Å²) in [6, 6.07) is 3.65. The van der Waals surface area contributed by atoms with Crippen molar-refractivity contribution in [2.75, 3.05) is 29.6 Å². The smallest absolute Gasteiger partial charge is 0.149 e. The Morgan fingerprint density at radius 3 is 2.94 bits per heavy atom. The molecule has 4 nitrogen and oxygen atoms in total. The molecule has 0 aromatic carbocycles. The Hall–Kier alpha value is -1.41. The minimum atomic E-state index is 0.494. The number of anilines is 2. The lowest BCUT2D eigenvalue weighted by Crippen LogP contribution is -2.06. The topological polar surface area (TPSA) is 74.7 Å². The van der Waals surface area contributed by atoms with Crippen LogP contribution in [0.2, 0.25) is 0 Å². The Bertz CT molecular complexity index is 387. The number of nitriles is 1. The SMILES string of the molecule is CSCCCCCNc1ncc(C#N)cc1N. The van der Waals surface area contributed by atoms with Crippen LogP contribution in [0, 0.1) is 11.3 Å². The van der Waals surface area contributed by atoms with Crippen LogP contribution in [0.15, 0.2) is 12.3 Å². The van der Waals surface area contributed by atoms with Crippen molar-refractivity contribution in [2.24, 2.45) is 0 Å². The molecular weight excluding hydrogens is 232 g/mol. The summed E-state index contributed by atoms with van der Waals surface area (Å²) in [5.74, 6) is 1.89. The van der Waals surface area contributed by atoms with E-state index in [0.29, 0.717) is 17.1 Å². The molecule has 1 aromatic heterocycles. The molecule has 0 amide bonds. The largest absolute Gasteiger partial charge is 0.396 e. The lowest BCUT2D eigenvalue weighted by atomic mass is 10.2. The molecule has 0 spiro atoms. The third-order valence-corrected chi connectivity index (χ3v) is 3.06. The van der Waals surface area contributed by atoms with Crippen molar-refractivity contribution in [1.82, 2.24) is 4.98 Å². The van der Waals surface area contributed by atoms with Crippen LogP contribution >= 0.6 is 11.8 Å². The third kappa shape index (κ3) is 4.96. The number of aromatic nitrogens is 1. The van der Waals surface area contributed by atoms with E-state index in [0.717, 1.165) is 13.0 Å². The highest BCUT2D eigenvalue weighted by molar-refractivity contribution is 7.98. The van der Waals surface area contributed by atoms with Gasteiger partial charge in [-0.2, -0.15) is 17.0 Å². The maximum Gasteiger partial charge on any atom is 0.149 e. The predicted octanol–water partition coefficient (Wildman–Crippen LogP) is 2.48. The Balaban J connectivity index is 2.30. The zero-order chi connectivity index (χ0) is 12.5. The van der Waals surface area contributed by atoms with Crippen LogP contribution in [0.25, 0.3) is 0 Å². The van der Waals surface area contributed by atoms with Crippen molar-refractivity contribution in [3.8, 4) is 6.07 Å². The van der Waals surface area contributed by atoms with Gasteiger partial charge in [0.2, 0.25) is 0 Å². The number of thioether (sulfide) groups is 1. The van der Waals surface area contributed by atoms with Gasteiger partial charge in [0, 0.05) is 12.7 Å². The number of nitrogens with zero attached hydrogens (tertiary/aromatic N) is 2. The van der Waals surface area contributed by atoms with Gasteiger partial charge in [0.1, 0.15) is 11.9 Å². The summed E-state index contributed by atoms with van der Waals surface area (Å²) in [4.78, 5) is 4.12. The van der Waals surface area contributed by atoms with Crippen LogP contribution in [-0.4, -0.2) is 23.5 Å². The number of hydrogen-bond acceptors (Lipinski definition) is 5. The summed E-state index contributed by atoms with van der Waals surface area (Å²) in [5.41, 5.74) is 6.81. The Labute approximate surface area is 107 Å². The summed E-state index contributed by atoms with van der Waals surface area (Å²) in [6.45, 7) is 0.873. The van der Waals surface area contributed by atoms with E-state index in [1.165, 1.54) is 24.8 Å². The van der Waals surface area contributed by atoms with Crippen LogP contribution in [0.4, 0.5) is 11.5 Å². The van der Waals surface area contributed by atoms with Crippen LogP contribution in [0.3, 0.4) is 0 Å². The first-order chi connectivity index (χ1) is 8.27. The van der Waals surface area contributed by atoms with E-state index in [1.807, 2.05) is 17.8 Å². The average molecular weight is 250 g/mol. The van der Waals surface area contributed by atoms with Crippen molar-refractivity contribution < 1.29 is 0 Å². The van der Waals surface area contributed by atoms with Gasteiger partial charge in [0.05, 0.1) is 11.3 Å².